The molecule has 2 aliphatic heterocycles. The van der Waals surface area contributed by atoms with E-state index in [2.05, 4.69) is 11.0 Å². The van der Waals surface area contributed by atoms with Crippen molar-refractivity contribution in [3.63, 3.8) is 0 Å². The Morgan fingerprint density at radius 3 is 2.64 bits per heavy atom. The normalized spacial score (nSPS) is 23.5. The number of benzene rings is 2. The van der Waals surface area contributed by atoms with Crippen molar-refractivity contribution in [2.75, 3.05) is 18.0 Å². The summed E-state index contributed by atoms with van der Waals surface area (Å²) in [6, 6.07) is 15.4. The zero-order valence-electron chi connectivity index (χ0n) is 12.2. The number of nitrogens with zero attached hydrogens (tertiary/aromatic N) is 2. The van der Waals surface area contributed by atoms with Crippen molar-refractivity contribution in [2.45, 2.75) is 18.4 Å². The zero-order valence-corrected chi connectivity index (χ0v) is 12.9. The predicted molar refractivity (Wildman–Crippen MR) is 89.8 cm³/mol. The number of amidine groups is 1. The van der Waals surface area contributed by atoms with E-state index in [0.717, 1.165) is 48.6 Å². The maximum Gasteiger partial charge on any atom is 0.174 e. The lowest BCUT2D eigenvalue weighted by Gasteiger charge is -2.27. The first-order chi connectivity index (χ1) is 10.7. The van der Waals surface area contributed by atoms with Gasteiger partial charge in [0.15, 0.2) is 5.60 Å². The van der Waals surface area contributed by atoms with Crippen molar-refractivity contribution < 1.29 is 5.11 Å². The summed E-state index contributed by atoms with van der Waals surface area (Å²) in [6.07, 6.45) is 2.14. The van der Waals surface area contributed by atoms with Crippen molar-refractivity contribution in [2.24, 2.45) is 4.99 Å². The van der Waals surface area contributed by atoms with Crippen LogP contribution >= 0.6 is 11.6 Å². The number of fused-ring (bicyclic) bond motifs is 3. The minimum absolute atomic E-state index is 0.665. The summed E-state index contributed by atoms with van der Waals surface area (Å²) in [5.74, 6) is 0.744. The lowest BCUT2D eigenvalue weighted by molar-refractivity contribution is 0.159. The van der Waals surface area contributed by atoms with Crippen LogP contribution in [0.15, 0.2) is 53.5 Å². The average molecular weight is 313 g/mol. The van der Waals surface area contributed by atoms with Crippen LogP contribution < -0.4 is 4.90 Å². The highest BCUT2D eigenvalue weighted by Gasteiger charge is 2.48. The van der Waals surface area contributed by atoms with E-state index >= 15 is 0 Å². The van der Waals surface area contributed by atoms with Crippen LogP contribution in [0.5, 0.6) is 0 Å². The maximum atomic E-state index is 11.6. The second kappa shape index (κ2) is 5.11. The fourth-order valence-electron chi connectivity index (χ4n) is 3.41. The Bertz CT molecular complexity index is 741. The maximum absolute atomic E-state index is 11.6. The second-order valence-electron chi connectivity index (χ2n) is 5.80. The summed E-state index contributed by atoms with van der Waals surface area (Å²) in [4.78, 5) is 6.88. The van der Waals surface area contributed by atoms with Crippen molar-refractivity contribution >= 4 is 23.1 Å². The van der Waals surface area contributed by atoms with Gasteiger partial charge in [0.1, 0.15) is 5.84 Å². The molecular weight excluding hydrogens is 296 g/mol. The second-order valence-corrected chi connectivity index (χ2v) is 6.23. The first-order valence-electron chi connectivity index (χ1n) is 7.61. The van der Waals surface area contributed by atoms with Crippen molar-refractivity contribution in [1.29, 1.82) is 0 Å². The van der Waals surface area contributed by atoms with Crippen LogP contribution in [0.2, 0.25) is 5.02 Å². The first-order valence-corrected chi connectivity index (χ1v) is 7.99. The highest BCUT2D eigenvalue weighted by Crippen LogP contribution is 2.45. The summed E-state index contributed by atoms with van der Waals surface area (Å²) in [7, 11) is 0. The highest BCUT2D eigenvalue weighted by molar-refractivity contribution is 6.30. The molecule has 0 bridgehead atoms. The van der Waals surface area contributed by atoms with Gasteiger partial charge in [-0.05, 0) is 36.6 Å². The molecule has 0 saturated carbocycles. The van der Waals surface area contributed by atoms with E-state index < -0.39 is 5.60 Å². The molecule has 2 aromatic carbocycles. The minimum Gasteiger partial charge on any atom is -0.373 e. The summed E-state index contributed by atoms with van der Waals surface area (Å²) in [6.45, 7) is 1.65. The highest BCUT2D eigenvalue weighted by atomic mass is 35.5. The molecule has 1 N–H and O–H groups in total. The van der Waals surface area contributed by atoms with E-state index in [1.165, 1.54) is 0 Å². The molecule has 0 aromatic heterocycles. The first kappa shape index (κ1) is 13.8. The number of rotatable bonds is 1. The lowest BCUT2D eigenvalue weighted by Crippen LogP contribution is -2.41. The molecule has 2 aromatic rings. The fraction of sp³-hybridized carbons (Fsp3) is 0.278. The molecule has 2 heterocycles. The van der Waals surface area contributed by atoms with Crippen LogP contribution in [-0.2, 0) is 5.60 Å². The van der Waals surface area contributed by atoms with Gasteiger partial charge >= 0.3 is 0 Å². The van der Waals surface area contributed by atoms with Crippen LogP contribution in [0.1, 0.15) is 24.0 Å². The molecule has 4 heteroatoms. The summed E-state index contributed by atoms with van der Waals surface area (Å²) >= 11 is 6.01. The van der Waals surface area contributed by atoms with E-state index in [1.54, 1.807) is 0 Å². The number of halogens is 1. The van der Waals surface area contributed by atoms with Crippen molar-refractivity contribution in [1.82, 2.24) is 0 Å². The van der Waals surface area contributed by atoms with Gasteiger partial charge in [0.05, 0.1) is 0 Å². The summed E-state index contributed by atoms with van der Waals surface area (Å²) in [5, 5.41) is 12.3. The number of hydrogen-bond donors (Lipinski definition) is 1. The topological polar surface area (TPSA) is 35.8 Å². The molecule has 0 amide bonds. The van der Waals surface area contributed by atoms with Crippen LogP contribution in [0.3, 0.4) is 0 Å². The van der Waals surface area contributed by atoms with Crippen LogP contribution in [-0.4, -0.2) is 24.0 Å². The summed E-state index contributed by atoms with van der Waals surface area (Å²) in [5.41, 5.74) is 1.58. The van der Waals surface area contributed by atoms with E-state index in [9.17, 15) is 5.11 Å². The lowest BCUT2D eigenvalue weighted by atomic mass is 9.87. The standard InChI is InChI=1S/C18H17ClN2O/c19-14-9-7-13(8-10-14)18(22)15-5-1-2-6-16(15)21-12-4-3-11-20-17(18)21/h1-2,5-10,22H,3-4,11-12H2. The van der Waals surface area contributed by atoms with E-state index in [-0.39, 0.29) is 0 Å². The molecule has 1 atom stereocenters. The number of aliphatic imine (C=N–C) groups is 1. The van der Waals surface area contributed by atoms with Gasteiger partial charge in [0, 0.05) is 29.4 Å². The average Bonchev–Trinajstić information content (AvgIpc) is 2.72. The number of aliphatic hydroxyl groups is 1. The molecule has 22 heavy (non-hydrogen) atoms. The third-order valence-corrected chi connectivity index (χ3v) is 4.73. The quantitative estimate of drug-likeness (QED) is 0.873. The number of anilines is 1. The van der Waals surface area contributed by atoms with Crippen LogP contribution in [0.25, 0.3) is 0 Å². The molecule has 3 nitrogen and oxygen atoms in total. The Balaban J connectivity index is 1.96. The van der Waals surface area contributed by atoms with Gasteiger partial charge in [-0.1, -0.05) is 41.9 Å². The van der Waals surface area contributed by atoms with Crippen LogP contribution in [0, 0.1) is 0 Å². The third kappa shape index (κ3) is 1.89. The largest absolute Gasteiger partial charge is 0.373 e. The molecule has 1 unspecified atom stereocenters. The van der Waals surface area contributed by atoms with Gasteiger partial charge < -0.3 is 10.0 Å². The molecular formula is C18H17ClN2O. The third-order valence-electron chi connectivity index (χ3n) is 4.48. The van der Waals surface area contributed by atoms with E-state index in [1.807, 2.05) is 42.5 Å². The molecule has 0 saturated heterocycles. The Labute approximate surface area is 134 Å². The van der Waals surface area contributed by atoms with Gasteiger partial charge in [0.25, 0.3) is 0 Å². The minimum atomic E-state index is -1.19. The Morgan fingerprint density at radius 2 is 1.82 bits per heavy atom. The number of hydrogen-bond acceptors (Lipinski definition) is 3. The zero-order chi connectivity index (χ0) is 15.2. The SMILES string of the molecule is OC1(c2ccc(Cl)cc2)C2=NCCCCN2c2ccccc21. The van der Waals surface area contributed by atoms with E-state index in [0.29, 0.717) is 5.02 Å². The molecule has 0 radical (unpaired) electrons. The predicted octanol–water partition coefficient (Wildman–Crippen LogP) is 3.59. The Kier molecular flexibility index (Phi) is 3.21. The van der Waals surface area contributed by atoms with Gasteiger partial charge in [-0.15, -0.1) is 0 Å². The molecule has 112 valence electrons. The summed E-state index contributed by atoms with van der Waals surface area (Å²) < 4.78 is 0. The smallest absolute Gasteiger partial charge is 0.174 e. The van der Waals surface area contributed by atoms with Gasteiger partial charge in [0.2, 0.25) is 0 Å². The van der Waals surface area contributed by atoms with Gasteiger partial charge in [-0.3, -0.25) is 4.99 Å². The monoisotopic (exact) mass is 312 g/mol. The Hall–Kier alpha value is -1.84. The molecule has 0 fully saturated rings. The fourth-order valence-corrected chi connectivity index (χ4v) is 3.54. The van der Waals surface area contributed by atoms with Crippen LogP contribution in [0.4, 0.5) is 5.69 Å². The Morgan fingerprint density at radius 1 is 1.05 bits per heavy atom. The van der Waals surface area contributed by atoms with Crippen molar-refractivity contribution in [3.8, 4) is 0 Å². The molecule has 0 spiro atoms. The van der Waals surface area contributed by atoms with Gasteiger partial charge in [-0.2, -0.15) is 0 Å². The molecule has 0 aliphatic carbocycles. The molecule has 2 aliphatic rings. The van der Waals surface area contributed by atoms with Gasteiger partial charge in [-0.25, -0.2) is 0 Å². The number of para-hydroxylation sites is 1. The molecule has 4 rings (SSSR count). The van der Waals surface area contributed by atoms with E-state index in [4.69, 9.17) is 16.6 Å². The van der Waals surface area contributed by atoms with Crippen molar-refractivity contribution in [3.05, 3.63) is 64.7 Å².